The van der Waals surface area contributed by atoms with Gasteiger partial charge < -0.3 is 4.57 Å². The zero-order valence-electron chi connectivity index (χ0n) is 22.3. The van der Waals surface area contributed by atoms with Crippen molar-refractivity contribution in [1.82, 2.24) is 4.57 Å². The Kier molecular flexibility index (Phi) is 6.02. The number of benzene rings is 5. The van der Waals surface area contributed by atoms with Gasteiger partial charge in [-0.3, -0.25) is 0 Å². The van der Waals surface area contributed by atoms with Gasteiger partial charge in [-0.05, 0) is 73.7 Å². The SMILES string of the molecule is Cc1cc(-c2c(F)c(F)c(F)c(F)c2F)c(-n2c3ccccc3c3ccc(C)c(-c4ccccc4C)c32)cc1C. The van der Waals surface area contributed by atoms with Crippen LogP contribution >= 0.6 is 0 Å². The first-order valence-electron chi connectivity index (χ1n) is 12.8. The molecule has 1 heterocycles. The van der Waals surface area contributed by atoms with Crippen LogP contribution in [0.15, 0.2) is 72.8 Å². The van der Waals surface area contributed by atoms with Crippen LogP contribution < -0.4 is 0 Å². The summed E-state index contributed by atoms with van der Waals surface area (Å²) in [6, 6.07) is 22.8. The topological polar surface area (TPSA) is 4.93 Å². The molecule has 0 radical (unpaired) electrons. The first-order valence-corrected chi connectivity index (χ1v) is 12.8. The van der Waals surface area contributed by atoms with E-state index in [0.717, 1.165) is 49.6 Å². The lowest BCUT2D eigenvalue weighted by Crippen LogP contribution is -2.07. The highest BCUT2D eigenvalue weighted by Gasteiger charge is 2.30. The summed E-state index contributed by atoms with van der Waals surface area (Å²) in [5, 5.41) is 1.80. The fourth-order valence-electron chi connectivity index (χ4n) is 5.63. The van der Waals surface area contributed by atoms with E-state index in [2.05, 4.69) is 0 Å². The van der Waals surface area contributed by atoms with Crippen molar-refractivity contribution in [2.45, 2.75) is 27.7 Å². The van der Waals surface area contributed by atoms with Crippen molar-refractivity contribution in [2.75, 3.05) is 0 Å². The Morgan fingerprint density at radius 3 is 1.77 bits per heavy atom. The molecular formula is C34H24F5N. The highest BCUT2D eigenvalue weighted by Crippen LogP contribution is 2.44. The molecule has 6 rings (SSSR count). The highest BCUT2D eigenvalue weighted by atomic mass is 19.2. The smallest absolute Gasteiger partial charge is 0.200 e. The normalized spacial score (nSPS) is 11.6. The molecule has 1 nitrogen and oxygen atoms in total. The fraction of sp³-hybridized carbons (Fsp3) is 0.118. The second-order valence-electron chi connectivity index (χ2n) is 10.2. The Morgan fingerprint density at radius 1 is 0.475 bits per heavy atom. The molecule has 5 aromatic carbocycles. The van der Waals surface area contributed by atoms with Crippen molar-refractivity contribution in [1.29, 1.82) is 0 Å². The number of nitrogens with zero attached hydrogens (tertiary/aromatic N) is 1. The number of hydrogen-bond acceptors (Lipinski definition) is 0. The van der Waals surface area contributed by atoms with Crippen molar-refractivity contribution < 1.29 is 22.0 Å². The molecule has 6 heteroatoms. The van der Waals surface area contributed by atoms with Crippen molar-refractivity contribution in [3.8, 4) is 27.9 Å². The van der Waals surface area contributed by atoms with Gasteiger partial charge >= 0.3 is 0 Å². The third-order valence-electron chi connectivity index (χ3n) is 7.79. The number of hydrogen-bond donors (Lipinski definition) is 0. The summed E-state index contributed by atoms with van der Waals surface area (Å²) in [6.07, 6.45) is 0. The van der Waals surface area contributed by atoms with Crippen molar-refractivity contribution in [2.24, 2.45) is 0 Å². The van der Waals surface area contributed by atoms with Gasteiger partial charge in [0.2, 0.25) is 5.82 Å². The molecule has 0 saturated heterocycles. The zero-order chi connectivity index (χ0) is 28.5. The molecule has 0 bridgehead atoms. The van der Waals surface area contributed by atoms with E-state index in [-0.39, 0.29) is 5.56 Å². The highest BCUT2D eigenvalue weighted by molar-refractivity contribution is 6.15. The van der Waals surface area contributed by atoms with E-state index in [4.69, 9.17) is 0 Å². The van der Waals surface area contributed by atoms with Gasteiger partial charge in [0.1, 0.15) is 0 Å². The Bertz CT molecular complexity index is 1970. The monoisotopic (exact) mass is 541 g/mol. The van der Waals surface area contributed by atoms with Crippen LogP contribution in [0.2, 0.25) is 0 Å². The number of aryl methyl sites for hydroxylation is 4. The zero-order valence-corrected chi connectivity index (χ0v) is 22.3. The lowest BCUT2D eigenvalue weighted by atomic mass is 9.93. The number of aromatic nitrogens is 1. The van der Waals surface area contributed by atoms with Crippen LogP contribution in [0.5, 0.6) is 0 Å². The summed E-state index contributed by atoms with van der Waals surface area (Å²) in [7, 11) is 0. The molecular weight excluding hydrogens is 517 g/mol. The predicted molar refractivity (Wildman–Crippen MR) is 150 cm³/mol. The minimum atomic E-state index is -2.18. The first-order chi connectivity index (χ1) is 19.1. The molecule has 0 N–H and O–H groups in total. The summed E-state index contributed by atoms with van der Waals surface area (Å²) >= 11 is 0. The third-order valence-corrected chi connectivity index (χ3v) is 7.79. The van der Waals surface area contributed by atoms with E-state index in [9.17, 15) is 13.2 Å². The van der Waals surface area contributed by atoms with Crippen LogP contribution in [-0.4, -0.2) is 4.57 Å². The molecule has 0 saturated carbocycles. The molecule has 0 atom stereocenters. The summed E-state index contributed by atoms with van der Waals surface area (Å²) < 4.78 is 75.5. The maximum atomic E-state index is 15.3. The maximum Gasteiger partial charge on any atom is 0.200 e. The first kappa shape index (κ1) is 25.8. The maximum absolute atomic E-state index is 15.3. The number of halogens is 5. The Hall–Kier alpha value is -4.45. The minimum absolute atomic E-state index is 0.0872. The van der Waals surface area contributed by atoms with Gasteiger partial charge in [0.15, 0.2) is 23.3 Å². The summed E-state index contributed by atoms with van der Waals surface area (Å²) in [4.78, 5) is 0. The van der Waals surface area contributed by atoms with Gasteiger partial charge in [-0.2, -0.15) is 0 Å². The molecule has 200 valence electrons. The van der Waals surface area contributed by atoms with E-state index in [0.29, 0.717) is 11.3 Å². The van der Waals surface area contributed by atoms with Crippen molar-refractivity contribution in [3.63, 3.8) is 0 Å². The molecule has 0 amide bonds. The molecule has 6 aromatic rings. The van der Waals surface area contributed by atoms with Gasteiger partial charge in [0.25, 0.3) is 0 Å². The standard InChI is InChI=1S/C34H24F5N/c1-17-9-5-6-10-21(17)27-18(2)13-14-23-22-11-7-8-12-25(22)40(34(23)27)26-16-20(4)19(3)15-24(26)28-29(35)31(37)33(39)32(38)30(28)36/h5-16H,1-4H3. The fourth-order valence-corrected chi connectivity index (χ4v) is 5.63. The van der Waals surface area contributed by atoms with Crippen LogP contribution in [0.1, 0.15) is 22.3 Å². The molecule has 40 heavy (non-hydrogen) atoms. The van der Waals surface area contributed by atoms with Crippen LogP contribution in [0.4, 0.5) is 22.0 Å². The average Bonchev–Trinajstić information content (AvgIpc) is 3.27. The lowest BCUT2D eigenvalue weighted by molar-refractivity contribution is 0.381. The Balaban J connectivity index is 1.86. The lowest BCUT2D eigenvalue weighted by Gasteiger charge is -2.20. The number of para-hydroxylation sites is 1. The minimum Gasteiger partial charge on any atom is -0.308 e. The van der Waals surface area contributed by atoms with E-state index >= 15 is 8.78 Å². The van der Waals surface area contributed by atoms with Gasteiger partial charge in [-0.1, -0.05) is 54.6 Å². The van der Waals surface area contributed by atoms with Crippen LogP contribution in [-0.2, 0) is 0 Å². The molecule has 0 spiro atoms. The van der Waals surface area contributed by atoms with Crippen LogP contribution in [0.3, 0.4) is 0 Å². The third kappa shape index (κ3) is 3.66. The van der Waals surface area contributed by atoms with Crippen molar-refractivity contribution in [3.05, 3.63) is 124 Å². The quantitative estimate of drug-likeness (QED) is 0.119. The van der Waals surface area contributed by atoms with Crippen molar-refractivity contribution >= 4 is 21.8 Å². The van der Waals surface area contributed by atoms with E-state index in [1.54, 1.807) is 13.0 Å². The van der Waals surface area contributed by atoms with E-state index < -0.39 is 34.6 Å². The predicted octanol–water partition coefficient (Wildman–Crippen LogP) is 10.0. The molecule has 0 fully saturated rings. The van der Waals surface area contributed by atoms with Gasteiger partial charge in [0, 0.05) is 21.9 Å². The van der Waals surface area contributed by atoms with E-state index in [1.165, 1.54) is 6.07 Å². The Morgan fingerprint density at radius 2 is 1.07 bits per heavy atom. The van der Waals surface area contributed by atoms with Gasteiger partial charge in [-0.15, -0.1) is 0 Å². The number of rotatable bonds is 3. The summed E-state index contributed by atoms with van der Waals surface area (Å²) in [6.45, 7) is 7.59. The number of fused-ring (bicyclic) bond motifs is 3. The molecule has 0 unspecified atom stereocenters. The molecule has 1 aromatic heterocycles. The average molecular weight is 542 g/mol. The summed E-state index contributed by atoms with van der Waals surface area (Å²) in [5.74, 6) is -9.86. The molecule has 0 aliphatic rings. The molecule has 0 aliphatic heterocycles. The molecule has 0 aliphatic carbocycles. The largest absolute Gasteiger partial charge is 0.308 e. The Labute approximate surface area is 228 Å². The van der Waals surface area contributed by atoms with Crippen LogP contribution in [0, 0.1) is 56.8 Å². The summed E-state index contributed by atoms with van der Waals surface area (Å²) in [5.41, 5.74) is 6.18. The van der Waals surface area contributed by atoms with E-state index in [1.807, 2.05) is 86.0 Å². The van der Waals surface area contributed by atoms with Crippen LogP contribution in [0.25, 0.3) is 49.7 Å². The second kappa shape index (κ2) is 9.33. The second-order valence-corrected chi connectivity index (χ2v) is 10.2. The van der Waals surface area contributed by atoms with Gasteiger partial charge in [-0.25, -0.2) is 22.0 Å². The van der Waals surface area contributed by atoms with Gasteiger partial charge in [0.05, 0.1) is 22.3 Å².